The van der Waals surface area contributed by atoms with Gasteiger partial charge in [-0.2, -0.15) is 13.2 Å². The number of halogens is 4. The summed E-state index contributed by atoms with van der Waals surface area (Å²) in [6.07, 6.45) is -4.42. The van der Waals surface area contributed by atoms with E-state index in [1.54, 1.807) is 45.0 Å². The number of carbonyl (C=O) groups excluding carboxylic acids is 2. The molecule has 2 aromatic carbocycles. The van der Waals surface area contributed by atoms with Crippen LogP contribution in [0, 0.1) is 5.92 Å². The highest BCUT2D eigenvalue weighted by molar-refractivity contribution is 6.33. The van der Waals surface area contributed by atoms with E-state index in [4.69, 9.17) is 11.6 Å². The van der Waals surface area contributed by atoms with Crippen molar-refractivity contribution in [2.24, 2.45) is 5.92 Å². The maximum Gasteiger partial charge on any atom is 0.416 e. The number of hydrogen-bond acceptors (Lipinski definition) is 2. The van der Waals surface area contributed by atoms with Gasteiger partial charge in [-0.25, -0.2) is 0 Å². The van der Waals surface area contributed by atoms with Crippen LogP contribution in [0.2, 0.25) is 5.02 Å². The van der Waals surface area contributed by atoms with Gasteiger partial charge in [-0.3, -0.25) is 9.59 Å². The van der Waals surface area contributed by atoms with E-state index in [2.05, 4.69) is 10.6 Å². The van der Waals surface area contributed by atoms with E-state index >= 15 is 0 Å². The number of carbonyl (C=O) groups is 2. The Morgan fingerprint density at radius 3 is 2.03 bits per heavy atom. The van der Waals surface area contributed by atoms with E-state index in [9.17, 15) is 22.8 Å². The van der Waals surface area contributed by atoms with Crippen molar-refractivity contribution < 1.29 is 22.8 Å². The van der Waals surface area contributed by atoms with Crippen LogP contribution in [0.3, 0.4) is 0 Å². The standard InChI is InChI=1S/C21H22ClF3N2O2/c1-12(2)18(27-19(28)16-6-4-5-7-17(16)22)20(29)26-13(3)14-8-10-15(11-9-14)21(23,24)25/h4-13,18H,1-3H3,(H,26,29)(H,27,28). The Bertz CT molecular complexity index is 867. The van der Waals surface area contributed by atoms with Crippen LogP contribution >= 0.6 is 11.6 Å². The lowest BCUT2D eigenvalue weighted by atomic mass is 10.0. The normalized spacial score (nSPS) is 13.7. The van der Waals surface area contributed by atoms with Crippen LogP contribution in [0.5, 0.6) is 0 Å². The molecule has 0 fully saturated rings. The second-order valence-corrected chi connectivity index (χ2v) is 7.43. The van der Waals surface area contributed by atoms with Gasteiger partial charge in [-0.05, 0) is 42.7 Å². The Balaban J connectivity index is 2.09. The van der Waals surface area contributed by atoms with Crippen LogP contribution < -0.4 is 10.6 Å². The van der Waals surface area contributed by atoms with Crippen molar-refractivity contribution in [3.8, 4) is 0 Å². The lowest BCUT2D eigenvalue weighted by molar-refractivity contribution is -0.137. The second-order valence-electron chi connectivity index (χ2n) is 7.03. The summed E-state index contributed by atoms with van der Waals surface area (Å²) in [5, 5.41) is 5.68. The number of alkyl halides is 3. The molecule has 0 spiro atoms. The topological polar surface area (TPSA) is 58.2 Å². The van der Waals surface area contributed by atoms with E-state index in [1.165, 1.54) is 12.1 Å². The van der Waals surface area contributed by atoms with Crippen LogP contribution in [-0.2, 0) is 11.0 Å². The first-order valence-electron chi connectivity index (χ1n) is 9.03. The molecule has 2 N–H and O–H groups in total. The molecule has 0 radical (unpaired) electrons. The van der Waals surface area contributed by atoms with E-state index in [0.717, 1.165) is 12.1 Å². The summed E-state index contributed by atoms with van der Waals surface area (Å²) in [5.41, 5.74) is 0.0153. The SMILES string of the molecule is CC(NC(=O)C(NC(=O)c1ccccc1Cl)C(C)C)c1ccc(C(F)(F)F)cc1. The highest BCUT2D eigenvalue weighted by atomic mass is 35.5. The van der Waals surface area contributed by atoms with E-state index < -0.39 is 35.6 Å². The minimum Gasteiger partial charge on any atom is -0.348 e. The van der Waals surface area contributed by atoms with Gasteiger partial charge in [0.2, 0.25) is 5.91 Å². The third-order valence-corrected chi connectivity index (χ3v) is 4.78. The van der Waals surface area contributed by atoms with E-state index in [-0.39, 0.29) is 16.5 Å². The maximum atomic E-state index is 12.7. The Labute approximate surface area is 172 Å². The predicted molar refractivity (Wildman–Crippen MR) is 106 cm³/mol. The van der Waals surface area contributed by atoms with Crippen molar-refractivity contribution in [2.45, 2.75) is 39.0 Å². The van der Waals surface area contributed by atoms with Gasteiger partial charge in [0.1, 0.15) is 6.04 Å². The number of amides is 2. The molecular formula is C21H22ClF3N2O2. The van der Waals surface area contributed by atoms with Crippen molar-refractivity contribution in [1.82, 2.24) is 10.6 Å². The molecule has 2 amide bonds. The molecule has 0 aliphatic rings. The summed E-state index contributed by atoms with van der Waals surface area (Å²) < 4.78 is 38.1. The summed E-state index contributed by atoms with van der Waals surface area (Å²) >= 11 is 6.03. The molecule has 2 aromatic rings. The van der Waals surface area contributed by atoms with Crippen molar-refractivity contribution in [1.29, 1.82) is 0 Å². The molecule has 29 heavy (non-hydrogen) atoms. The van der Waals surface area contributed by atoms with E-state index in [1.807, 2.05) is 0 Å². The summed E-state index contributed by atoms with van der Waals surface area (Å²) in [6.45, 7) is 5.22. The Hall–Kier alpha value is -2.54. The number of hydrogen-bond donors (Lipinski definition) is 2. The highest BCUT2D eigenvalue weighted by Gasteiger charge is 2.30. The molecule has 2 unspecified atom stereocenters. The quantitative estimate of drug-likeness (QED) is 0.683. The van der Waals surface area contributed by atoms with Crippen molar-refractivity contribution >= 4 is 23.4 Å². The van der Waals surface area contributed by atoms with Crippen LogP contribution in [0.15, 0.2) is 48.5 Å². The molecule has 0 saturated carbocycles. The van der Waals surface area contributed by atoms with Crippen LogP contribution in [0.4, 0.5) is 13.2 Å². The monoisotopic (exact) mass is 426 g/mol. The molecule has 0 bridgehead atoms. The molecule has 0 aliphatic carbocycles. The van der Waals surface area contributed by atoms with Crippen molar-refractivity contribution in [3.05, 3.63) is 70.2 Å². The van der Waals surface area contributed by atoms with Gasteiger partial charge >= 0.3 is 6.18 Å². The smallest absolute Gasteiger partial charge is 0.348 e. The van der Waals surface area contributed by atoms with Crippen molar-refractivity contribution in [3.63, 3.8) is 0 Å². The van der Waals surface area contributed by atoms with E-state index in [0.29, 0.717) is 5.56 Å². The van der Waals surface area contributed by atoms with Gasteiger partial charge in [0, 0.05) is 0 Å². The zero-order valence-electron chi connectivity index (χ0n) is 16.2. The molecule has 2 atom stereocenters. The zero-order chi connectivity index (χ0) is 21.8. The fraction of sp³-hybridized carbons (Fsp3) is 0.333. The first-order valence-corrected chi connectivity index (χ1v) is 9.41. The second kappa shape index (κ2) is 9.31. The number of benzene rings is 2. The minimum atomic E-state index is -4.42. The first-order chi connectivity index (χ1) is 13.5. The van der Waals surface area contributed by atoms with Crippen molar-refractivity contribution in [2.75, 3.05) is 0 Å². The van der Waals surface area contributed by atoms with Crippen LogP contribution in [0.1, 0.15) is 48.3 Å². The minimum absolute atomic E-state index is 0.221. The molecule has 4 nitrogen and oxygen atoms in total. The Kier molecular flexibility index (Phi) is 7.30. The molecule has 0 heterocycles. The van der Waals surface area contributed by atoms with Gasteiger partial charge in [0.25, 0.3) is 5.91 Å². The Morgan fingerprint density at radius 1 is 0.931 bits per heavy atom. The zero-order valence-corrected chi connectivity index (χ0v) is 16.9. The van der Waals surface area contributed by atoms with Crippen LogP contribution in [0.25, 0.3) is 0 Å². The lowest BCUT2D eigenvalue weighted by Gasteiger charge is -2.24. The molecule has 0 saturated heterocycles. The molecule has 0 aliphatic heterocycles. The fourth-order valence-electron chi connectivity index (χ4n) is 2.75. The molecule has 8 heteroatoms. The summed E-state index contributed by atoms with van der Waals surface area (Å²) in [4.78, 5) is 25.2. The lowest BCUT2D eigenvalue weighted by Crippen LogP contribution is -2.50. The third-order valence-electron chi connectivity index (χ3n) is 4.45. The highest BCUT2D eigenvalue weighted by Crippen LogP contribution is 2.30. The summed E-state index contributed by atoms with van der Waals surface area (Å²) in [6, 6.07) is 9.69. The molecule has 2 rings (SSSR count). The van der Waals surface area contributed by atoms with Gasteiger partial charge in [0.15, 0.2) is 0 Å². The third kappa shape index (κ3) is 5.97. The van der Waals surface area contributed by atoms with Gasteiger partial charge in [0.05, 0.1) is 22.2 Å². The van der Waals surface area contributed by atoms with Gasteiger partial charge in [-0.15, -0.1) is 0 Å². The molecular weight excluding hydrogens is 405 g/mol. The van der Waals surface area contributed by atoms with Crippen LogP contribution in [-0.4, -0.2) is 17.9 Å². The average Bonchev–Trinajstić information content (AvgIpc) is 2.65. The first kappa shape index (κ1) is 22.7. The summed E-state index contributed by atoms with van der Waals surface area (Å²) in [5.74, 6) is -1.14. The molecule has 156 valence electrons. The summed E-state index contributed by atoms with van der Waals surface area (Å²) in [7, 11) is 0. The number of rotatable bonds is 6. The van der Waals surface area contributed by atoms with Gasteiger partial charge < -0.3 is 10.6 Å². The van der Waals surface area contributed by atoms with Gasteiger partial charge in [-0.1, -0.05) is 49.7 Å². The fourth-order valence-corrected chi connectivity index (χ4v) is 2.97. The Morgan fingerprint density at radius 2 is 1.52 bits per heavy atom. The average molecular weight is 427 g/mol. The number of nitrogens with one attached hydrogen (secondary N) is 2. The maximum absolute atomic E-state index is 12.7. The predicted octanol–water partition coefficient (Wildman–Crippen LogP) is 4.99. The molecule has 0 aromatic heterocycles. The largest absolute Gasteiger partial charge is 0.416 e.